The molecular weight excluding hydrogens is 237 g/mol. The molecule has 100 valence electrons. The van der Waals surface area contributed by atoms with Gasteiger partial charge in [-0.05, 0) is 37.6 Å². The van der Waals surface area contributed by atoms with Crippen LogP contribution < -0.4 is 5.32 Å². The van der Waals surface area contributed by atoms with E-state index in [4.69, 9.17) is 0 Å². The Hall–Kier alpha value is -1.46. The van der Waals surface area contributed by atoms with Crippen molar-refractivity contribution in [3.05, 3.63) is 35.6 Å². The predicted molar refractivity (Wildman–Crippen MR) is 65.6 cm³/mol. The van der Waals surface area contributed by atoms with E-state index >= 15 is 0 Å². The fourth-order valence-electron chi connectivity index (χ4n) is 1.55. The number of carbonyl (C=O) groups excluding carboxylic acids is 1. The highest BCUT2D eigenvalue weighted by molar-refractivity contribution is 5.78. The summed E-state index contributed by atoms with van der Waals surface area (Å²) in [7, 11) is 1.23. The zero-order valence-electron chi connectivity index (χ0n) is 10.6. The van der Waals surface area contributed by atoms with Crippen molar-refractivity contribution in [3.63, 3.8) is 0 Å². The van der Waals surface area contributed by atoms with Crippen LogP contribution in [-0.4, -0.2) is 36.9 Å². The van der Waals surface area contributed by atoms with Crippen LogP contribution in [0.15, 0.2) is 24.3 Å². The Morgan fingerprint density at radius 2 is 2.28 bits per heavy atom. The van der Waals surface area contributed by atoms with Gasteiger partial charge in [0.05, 0.1) is 7.11 Å². The van der Waals surface area contributed by atoms with Crippen molar-refractivity contribution in [2.45, 2.75) is 18.9 Å². The molecule has 1 rings (SSSR count). The van der Waals surface area contributed by atoms with Crippen LogP contribution in [0.4, 0.5) is 4.39 Å². The highest BCUT2D eigenvalue weighted by atomic mass is 19.1. The van der Waals surface area contributed by atoms with Crippen molar-refractivity contribution in [3.8, 4) is 0 Å². The minimum atomic E-state index is -1.54. The van der Waals surface area contributed by atoms with Crippen molar-refractivity contribution in [2.75, 3.05) is 20.2 Å². The highest BCUT2D eigenvalue weighted by Crippen LogP contribution is 2.05. The number of carbonyl (C=O) groups is 1. The zero-order valence-corrected chi connectivity index (χ0v) is 10.6. The molecule has 0 amide bonds. The number of nitrogens with one attached hydrogen (secondary N) is 1. The lowest BCUT2D eigenvalue weighted by molar-refractivity contribution is -0.159. The molecule has 0 aromatic heterocycles. The summed E-state index contributed by atoms with van der Waals surface area (Å²) in [4.78, 5) is 11.2. The van der Waals surface area contributed by atoms with Gasteiger partial charge in [0, 0.05) is 6.54 Å². The lowest BCUT2D eigenvalue weighted by Crippen LogP contribution is -2.46. The molecule has 0 aliphatic carbocycles. The van der Waals surface area contributed by atoms with Gasteiger partial charge < -0.3 is 15.2 Å². The smallest absolute Gasteiger partial charge is 0.338 e. The zero-order chi connectivity index (χ0) is 13.6. The van der Waals surface area contributed by atoms with Crippen molar-refractivity contribution in [1.82, 2.24) is 5.32 Å². The number of benzene rings is 1. The first kappa shape index (κ1) is 14.6. The minimum absolute atomic E-state index is 0.0923. The van der Waals surface area contributed by atoms with Crippen LogP contribution in [0, 0.1) is 5.82 Å². The molecule has 1 aromatic carbocycles. The van der Waals surface area contributed by atoms with Gasteiger partial charge in [-0.15, -0.1) is 0 Å². The number of halogens is 1. The molecule has 5 heteroatoms. The Balaban J connectivity index is 2.33. The van der Waals surface area contributed by atoms with Crippen molar-refractivity contribution >= 4 is 5.97 Å². The number of esters is 1. The second kappa shape index (κ2) is 6.47. The molecule has 0 heterocycles. The van der Waals surface area contributed by atoms with Crippen LogP contribution >= 0.6 is 0 Å². The van der Waals surface area contributed by atoms with E-state index in [-0.39, 0.29) is 12.4 Å². The van der Waals surface area contributed by atoms with Crippen LogP contribution in [0.25, 0.3) is 0 Å². The fourth-order valence-corrected chi connectivity index (χ4v) is 1.55. The molecule has 0 fully saturated rings. The Morgan fingerprint density at radius 1 is 1.56 bits per heavy atom. The minimum Gasteiger partial charge on any atom is -0.467 e. The van der Waals surface area contributed by atoms with Gasteiger partial charge in [0.1, 0.15) is 5.82 Å². The molecule has 0 radical (unpaired) electrons. The lowest BCUT2D eigenvalue weighted by atomic mass is 10.1. The van der Waals surface area contributed by atoms with E-state index in [1.54, 1.807) is 6.07 Å². The normalized spacial score (nSPS) is 14.0. The van der Waals surface area contributed by atoms with Gasteiger partial charge in [-0.25, -0.2) is 9.18 Å². The molecule has 0 spiro atoms. The monoisotopic (exact) mass is 255 g/mol. The van der Waals surface area contributed by atoms with Crippen LogP contribution in [0.2, 0.25) is 0 Å². The molecule has 18 heavy (non-hydrogen) atoms. The average molecular weight is 255 g/mol. The number of ether oxygens (including phenoxy) is 1. The fraction of sp³-hybridized carbons (Fsp3) is 0.462. The average Bonchev–Trinajstić information content (AvgIpc) is 2.33. The van der Waals surface area contributed by atoms with Crippen molar-refractivity contribution < 1.29 is 19.0 Å². The van der Waals surface area contributed by atoms with E-state index in [1.165, 1.54) is 26.2 Å². The third-order valence-corrected chi connectivity index (χ3v) is 2.57. The topological polar surface area (TPSA) is 58.6 Å². The molecule has 0 aliphatic heterocycles. The maximum Gasteiger partial charge on any atom is 0.338 e. The summed E-state index contributed by atoms with van der Waals surface area (Å²) >= 11 is 0. The summed E-state index contributed by atoms with van der Waals surface area (Å²) in [6.07, 6.45) is 0.620. The number of methoxy groups -OCH3 is 1. The van der Waals surface area contributed by atoms with Gasteiger partial charge in [0.2, 0.25) is 0 Å². The largest absolute Gasteiger partial charge is 0.467 e. The summed E-state index contributed by atoms with van der Waals surface area (Å²) < 4.78 is 17.4. The van der Waals surface area contributed by atoms with Crippen LogP contribution in [0.3, 0.4) is 0 Å². The molecule has 0 saturated heterocycles. The molecule has 1 atom stereocenters. The number of hydrogen-bond donors (Lipinski definition) is 2. The van der Waals surface area contributed by atoms with Crippen molar-refractivity contribution in [1.29, 1.82) is 0 Å². The summed E-state index contributed by atoms with van der Waals surface area (Å²) in [5.74, 6) is -0.949. The maximum absolute atomic E-state index is 12.9. The molecule has 1 unspecified atom stereocenters. The summed E-state index contributed by atoms with van der Waals surface area (Å²) in [6.45, 7) is 2.01. The molecule has 2 N–H and O–H groups in total. The van der Waals surface area contributed by atoms with Crippen molar-refractivity contribution in [2.24, 2.45) is 0 Å². The van der Waals surface area contributed by atoms with Crippen LogP contribution in [0.1, 0.15) is 12.5 Å². The second-order valence-electron chi connectivity index (χ2n) is 4.32. The Morgan fingerprint density at radius 3 is 2.89 bits per heavy atom. The van der Waals surface area contributed by atoms with Crippen LogP contribution in [0.5, 0.6) is 0 Å². The van der Waals surface area contributed by atoms with E-state index < -0.39 is 11.6 Å². The highest BCUT2D eigenvalue weighted by Gasteiger charge is 2.30. The molecular formula is C13H18FNO3. The van der Waals surface area contributed by atoms with Gasteiger partial charge in [-0.1, -0.05) is 12.1 Å². The predicted octanol–water partition coefficient (Wildman–Crippen LogP) is 0.882. The summed E-state index contributed by atoms with van der Waals surface area (Å²) in [6, 6.07) is 6.32. The molecule has 0 saturated carbocycles. The SMILES string of the molecule is COC(=O)C(C)(O)CNCCc1cccc(F)c1. The van der Waals surface area contributed by atoms with E-state index in [2.05, 4.69) is 10.1 Å². The lowest BCUT2D eigenvalue weighted by Gasteiger charge is -2.20. The van der Waals surface area contributed by atoms with E-state index in [1.807, 2.05) is 6.07 Å². The van der Waals surface area contributed by atoms with Crippen LogP contribution in [-0.2, 0) is 16.0 Å². The molecule has 0 aliphatic rings. The van der Waals surface area contributed by atoms with E-state index in [0.29, 0.717) is 13.0 Å². The third kappa shape index (κ3) is 4.43. The second-order valence-corrected chi connectivity index (χ2v) is 4.32. The summed E-state index contributed by atoms with van der Waals surface area (Å²) in [5.41, 5.74) is -0.684. The molecule has 0 bridgehead atoms. The first-order chi connectivity index (χ1) is 8.45. The number of hydrogen-bond acceptors (Lipinski definition) is 4. The number of rotatable bonds is 6. The maximum atomic E-state index is 12.9. The van der Waals surface area contributed by atoms with Gasteiger partial charge in [0.15, 0.2) is 5.60 Å². The first-order valence-electron chi connectivity index (χ1n) is 5.71. The van der Waals surface area contributed by atoms with E-state index in [9.17, 15) is 14.3 Å². The Labute approximate surface area is 106 Å². The molecule has 4 nitrogen and oxygen atoms in total. The van der Waals surface area contributed by atoms with Gasteiger partial charge in [-0.3, -0.25) is 0 Å². The Bertz CT molecular complexity index is 407. The standard InChI is InChI=1S/C13H18FNO3/c1-13(17,12(16)18-2)9-15-7-6-10-4-3-5-11(14)8-10/h3-5,8,15,17H,6-7,9H2,1-2H3. The first-order valence-corrected chi connectivity index (χ1v) is 5.71. The number of aliphatic hydroxyl groups is 1. The van der Waals surface area contributed by atoms with Gasteiger partial charge in [-0.2, -0.15) is 0 Å². The summed E-state index contributed by atoms with van der Waals surface area (Å²) in [5, 5.41) is 12.7. The molecule has 1 aromatic rings. The van der Waals surface area contributed by atoms with E-state index in [0.717, 1.165) is 5.56 Å². The van der Waals surface area contributed by atoms with Gasteiger partial charge in [0.25, 0.3) is 0 Å². The third-order valence-electron chi connectivity index (χ3n) is 2.57. The quantitative estimate of drug-likeness (QED) is 0.585. The van der Waals surface area contributed by atoms with Gasteiger partial charge >= 0.3 is 5.97 Å². The Kier molecular flexibility index (Phi) is 5.25.